The van der Waals surface area contributed by atoms with Crippen molar-refractivity contribution in [2.24, 2.45) is 0 Å². The molecule has 0 saturated heterocycles. The smallest absolute Gasteiger partial charge is 0.744 e. The second-order valence-electron chi connectivity index (χ2n) is 3.10. The van der Waals surface area contributed by atoms with Crippen molar-refractivity contribution >= 4 is 10.1 Å². The molecule has 0 spiro atoms. The van der Waals surface area contributed by atoms with Crippen molar-refractivity contribution in [3.8, 4) is 0 Å². The molecule has 1 aromatic rings. The molecule has 0 heterocycles. The molecule has 1 aromatic carbocycles. The van der Waals surface area contributed by atoms with Gasteiger partial charge in [0.25, 0.3) is 0 Å². The van der Waals surface area contributed by atoms with Gasteiger partial charge in [0.1, 0.15) is 10.1 Å². The average molecular weight is 236 g/mol. The molecule has 3 nitrogen and oxygen atoms in total. The molecule has 0 unspecified atom stereocenters. The van der Waals surface area contributed by atoms with Crippen LogP contribution >= 0.6 is 0 Å². The summed E-state index contributed by atoms with van der Waals surface area (Å²) >= 11 is 0. The van der Waals surface area contributed by atoms with Gasteiger partial charge in [-0.3, -0.25) is 0 Å². The Balaban J connectivity index is 0.00000196. The molecule has 0 atom stereocenters. The zero-order valence-electron chi connectivity index (χ0n) is 9.28. The maximum absolute atomic E-state index is 10.9. The van der Waals surface area contributed by atoms with E-state index in [-0.39, 0.29) is 34.5 Å². The number of rotatable bonds is 3. The monoisotopic (exact) mass is 236 g/mol. The first kappa shape index (κ1) is 15.1. The van der Waals surface area contributed by atoms with Crippen LogP contribution in [-0.2, 0) is 23.0 Å². The summed E-state index contributed by atoms with van der Waals surface area (Å²) in [6.07, 6.45) is 1.40. The average Bonchev–Trinajstić information content (AvgIpc) is 2.15. The van der Waals surface area contributed by atoms with Gasteiger partial charge in [-0.15, -0.1) is 0 Å². The summed E-state index contributed by atoms with van der Waals surface area (Å²) in [5, 5.41) is 0. The van der Waals surface area contributed by atoms with E-state index < -0.39 is 10.1 Å². The summed E-state index contributed by atoms with van der Waals surface area (Å²) in [7, 11) is -4.32. The van der Waals surface area contributed by atoms with Gasteiger partial charge in [-0.05, 0) is 30.0 Å². The van der Waals surface area contributed by atoms with Gasteiger partial charge in [-0.25, -0.2) is 8.42 Å². The molecule has 0 fully saturated rings. The van der Waals surface area contributed by atoms with Crippen LogP contribution in [0.5, 0.6) is 0 Å². The fraction of sp³-hybridized carbons (Fsp3) is 0.400. The van der Waals surface area contributed by atoms with Crippen molar-refractivity contribution in [3.63, 3.8) is 0 Å². The minimum atomic E-state index is -4.32. The summed E-state index contributed by atoms with van der Waals surface area (Å²) in [4.78, 5) is -0.0859. The minimum Gasteiger partial charge on any atom is -0.744 e. The topological polar surface area (TPSA) is 57.2 Å². The Morgan fingerprint density at radius 1 is 1.20 bits per heavy atom. The summed E-state index contributed by atoms with van der Waals surface area (Å²) in [5.74, 6) is 0. The van der Waals surface area contributed by atoms with E-state index in [1.54, 1.807) is 12.1 Å². The van der Waals surface area contributed by atoms with E-state index in [1.807, 2.05) is 13.8 Å². The Kier molecular flexibility index (Phi) is 6.06. The predicted molar refractivity (Wildman–Crippen MR) is 53.2 cm³/mol. The molecule has 0 radical (unpaired) electrons. The van der Waals surface area contributed by atoms with E-state index in [9.17, 15) is 13.0 Å². The van der Waals surface area contributed by atoms with E-state index in [1.165, 1.54) is 6.07 Å². The third-order valence-electron chi connectivity index (χ3n) is 2.18. The van der Waals surface area contributed by atoms with Gasteiger partial charge in [0, 0.05) is 0 Å². The van der Waals surface area contributed by atoms with Crippen LogP contribution in [-0.4, -0.2) is 13.0 Å². The van der Waals surface area contributed by atoms with E-state index in [2.05, 4.69) is 0 Å². The van der Waals surface area contributed by atoms with Gasteiger partial charge in [0.15, 0.2) is 0 Å². The van der Waals surface area contributed by atoms with Crippen molar-refractivity contribution in [3.05, 3.63) is 29.3 Å². The number of hydrogen-bond donors (Lipinski definition) is 0. The molecular weight excluding hydrogens is 223 g/mol. The SMILES string of the molecule is CCc1ccc(S(=O)(=O)[O-])c(CC)c1.[Na+]. The second-order valence-corrected chi connectivity index (χ2v) is 4.45. The maximum Gasteiger partial charge on any atom is 1.00 e. The van der Waals surface area contributed by atoms with Gasteiger partial charge in [-0.2, -0.15) is 0 Å². The fourth-order valence-electron chi connectivity index (χ4n) is 1.37. The van der Waals surface area contributed by atoms with E-state index in [0.29, 0.717) is 12.0 Å². The van der Waals surface area contributed by atoms with Crippen LogP contribution in [0.1, 0.15) is 25.0 Å². The van der Waals surface area contributed by atoms with Crippen molar-refractivity contribution < 1.29 is 42.5 Å². The van der Waals surface area contributed by atoms with Gasteiger partial charge in [0.05, 0.1) is 4.90 Å². The van der Waals surface area contributed by atoms with Crippen LogP contribution in [0.4, 0.5) is 0 Å². The molecule has 0 saturated carbocycles. The molecule has 0 aliphatic heterocycles. The maximum atomic E-state index is 10.9. The van der Waals surface area contributed by atoms with Gasteiger partial charge in [0.2, 0.25) is 0 Å². The van der Waals surface area contributed by atoms with E-state index >= 15 is 0 Å². The Bertz CT molecular complexity index is 426. The van der Waals surface area contributed by atoms with Crippen LogP contribution in [0.3, 0.4) is 0 Å². The van der Waals surface area contributed by atoms with Crippen molar-refractivity contribution in [2.75, 3.05) is 0 Å². The van der Waals surface area contributed by atoms with Crippen LogP contribution in [0.2, 0.25) is 0 Å². The number of hydrogen-bond acceptors (Lipinski definition) is 3. The zero-order valence-corrected chi connectivity index (χ0v) is 12.1. The normalized spacial score (nSPS) is 10.9. The molecule has 0 aromatic heterocycles. The Hall–Kier alpha value is 0.130. The number of aryl methyl sites for hydroxylation is 2. The second kappa shape index (κ2) is 6.01. The minimum absolute atomic E-state index is 0. The molecule has 0 bridgehead atoms. The Morgan fingerprint density at radius 2 is 1.80 bits per heavy atom. The summed E-state index contributed by atoms with van der Waals surface area (Å²) in [6.45, 7) is 3.82. The molecule has 1 rings (SSSR count). The number of benzene rings is 1. The summed E-state index contributed by atoms with van der Waals surface area (Å²) in [5.41, 5.74) is 1.66. The Morgan fingerprint density at radius 3 is 2.20 bits per heavy atom. The van der Waals surface area contributed by atoms with Crippen LogP contribution < -0.4 is 29.6 Å². The Labute approximate surface area is 113 Å². The van der Waals surface area contributed by atoms with Gasteiger partial charge >= 0.3 is 29.6 Å². The summed E-state index contributed by atoms with van der Waals surface area (Å²) < 4.78 is 32.6. The molecule has 0 aliphatic carbocycles. The molecule has 78 valence electrons. The standard InChI is InChI=1S/C10H14O3S.Na/c1-3-8-5-6-10(14(11,12)13)9(4-2)7-8;/h5-7H,3-4H2,1-2H3,(H,11,12,13);/q;+1/p-1. The zero-order chi connectivity index (χ0) is 10.8. The molecule has 0 N–H and O–H groups in total. The van der Waals surface area contributed by atoms with E-state index in [0.717, 1.165) is 12.0 Å². The third kappa shape index (κ3) is 3.89. The first-order valence-electron chi connectivity index (χ1n) is 4.56. The van der Waals surface area contributed by atoms with Gasteiger partial charge in [-0.1, -0.05) is 26.0 Å². The van der Waals surface area contributed by atoms with Gasteiger partial charge < -0.3 is 4.55 Å². The van der Waals surface area contributed by atoms with E-state index in [4.69, 9.17) is 0 Å². The van der Waals surface area contributed by atoms with Crippen LogP contribution in [0, 0.1) is 0 Å². The fourth-order valence-corrected chi connectivity index (χ4v) is 2.13. The van der Waals surface area contributed by atoms with Crippen molar-refractivity contribution in [2.45, 2.75) is 31.6 Å². The summed E-state index contributed by atoms with van der Waals surface area (Å²) in [6, 6.07) is 4.87. The largest absolute Gasteiger partial charge is 1.00 e. The predicted octanol–water partition coefficient (Wildman–Crippen LogP) is -1.28. The first-order valence-corrected chi connectivity index (χ1v) is 5.97. The molecule has 0 aliphatic rings. The molecule has 0 amide bonds. The third-order valence-corrected chi connectivity index (χ3v) is 3.12. The van der Waals surface area contributed by atoms with Crippen molar-refractivity contribution in [1.29, 1.82) is 0 Å². The van der Waals surface area contributed by atoms with Crippen molar-refractivity contribution in [1.82, 2.24) is 0 Å². The molecular formula is C10H13NaO3S. The molecule has 15 heavy (non-hydrogen) atoms. The van der Waals surface area contributed by atoms with Crippen LogP contribution in [0.15, 0.2) is 23.1 Å². The molecule has 5 heteroatoms. The van der Waals surface area contributed by atoms with Crippen LogP contribution in [0.25, 0.3) is 0 Å². The quantitative estimate of drug-likeness (QED) is 0.485. The first-order chi connectivity index (χ1) is 6.49.